The van der Waals surface area contributed by atoms with Crippen LogP contribution in [-0.4, -0.2) is 49.7 Å². The van der Waals surface area contributed by atoms with Crippen molar-refractivity contribution in [2.24, 2.45) is 0 Å². The van der Waals surface area contributed by atoms with E-state index in [1.54, 1.807) is 0 Å². The first kappa shape index (κ1) is 16.8. The number of hydrogen-bond acceptors (Lipinski definition) is 4. The second-order valence-electron chi connectivity index (χ2n) is 5.42. The molecule has 1 saturated heterocycles. The van der Waals surface area contributed by atoms with E-state index in [0.29, 0.717) is 26.0 Å². The lowest BCUT2D eigenvalue weighted by Crippen LogP contribution is -2.35. The van der Waals surface area contributed by atoms with Gasteiger partial charge in [-0.05, 0) is 37.5 Å². The van der Waals surface area contributed by atoms with Crippen molar-refractivity contribution in [2.45, 2.75) is 26.2 Å². The zero-order valence-electron chi connectivity index (χ0n) is 13.0. The lowest BCUT2D eigenvalue weighted by molar-refractivity contribution is -0.126. The first-order chi connectivity index (χ1) is 10.4. The molecule has 1 fully saturated rings. The molecule has 122 valence electrons. The molecule has 0 radical (unpaired) electrons. The summed E-state index contributed by atoms with van der Waals surface area (Å²) in [7, 11) is -2.09. The summed E-state index contributed by atoms with van der Waals surface area (Å²) in [6.45, 7) is 3.13. The summed E-state index contributed by atoms with van der Waals surface area (Å²) in [5.41, 5.74) is 1.14. The Bertz CT molecular complexity index is 630. The summed E-state index contributed by atoms with van der Waals surface area (Å²) < 4.78 is 31.5. The highest BCUT2D eigenvalue weighted by Crippen LogP contribution is 2.17. The molecule has 7 heteroatoms. The molecule has 1 amide bonds. The number of amides is 1. The normalized spacial score (nSPS) is 17.6. The predicted octanol–water partition coefficient (Wildman–Crippen LogP) is 1.56. The van der Waals surface area contributed by atoms with Gasteiger partial charge in [0.05, 0.1) is 13.2 Å². The summed E-state index contributed by atoms with van der Waals surface area (Å²) in [6.07, 6.45) is 1.55. The van der Waals surface area contributed by atoms with Crippen molar-refractivity contribution in [1.29, 1.82) is 0 Å². The van der Waals surface area contributed by atoms with E-state index in [-0.39, 0.29) is 18.9 Å². The average molecular weight is 326 g/mol. The molecule has 1 aromatic rings. The summed E-state index contributed by atoms with van der Waals surface area (Å²) in [5, 5.41) is 0. The Hall–Kier alpha value is -1.60. The first-order valence-electron chi connectivity index (χ1n) is 7.37. The van der Waals surface area contributed by atoms with E-state index < -0.39 is 10.2 Å². The van der Waals surface area contributed by atoms with E-state index in [2.05, 4.69) is 0 Å². The SMILES string of the molecule is Cc1cccc(OCCCCC(=O)N2CCN(C)S2(=O)=O)c1. The predicted molar refractivity (Wildman–Crippen MR) is 83.8 cm³/mol. The van der Waals surface area contributed by atoms with E-state index in [1.807, 2.05) is 31.2 Å². The average Bonchev–Trinajstić information content (AvgIpc) is 2.72. The number of nitrogens with zero attached hydrogens (tertiary/aromatic N) is 2. The highest BCUT2D eigenvalue weighted by Gasteiger charge is 2.36. The second kappa shape index (κ2) is 7.11. The Labute approximate surface area is 131 Å². The van der Waals surface area contributed by atoms with E-state index >= 15 is 0 Å². The molecule has 1 aromatic carbocycles. The van der Waals surface area contributed by atoms with E-state index in [0.717, 1.165) is 15.6 Å². The number of likely N-dealkylation sites (N-methyl/N-ethyl adjacent to an activating group) is 1. The molecule has 1 aliphatic heterocycles. The fraction of sp³-hybridized carbons (Fsp3) is 0.533. The highest BCUT2D eigenvalue weighted by atomic mass is 32.2. The van der Waals surface area contributed by atoms with E-state index in [1.165, 1.54) is 11.4 Å². The van der Waals surface area contributed by atoms with E-state index in [9.17, 15) is 13.2 Å². The molecule has 0 bridgehead atoms. The van der Waals surface area contributed by atoms with Crippen LogP contribution in [-0.2, 0) is 15.0 Å². The Morgan fingerprint density at radius 2 is 2.05 bits per heavy atom. The van der Waals surface area contributed by atoms with Gasteiger partial charge >= 0.3 is 10.2 Å². The lowest BCUT2D eigenvalue weighted by Gasteiger charge is -2.15. The standard InChI is InChI=1S/C15H22N2O4S/c1-13-6-5-7-14(12-13)21-11-4-3-8-15(18)17-10-9-16(2)22(17,19)20/h5-7,12H,3-4,8-11H2,1-2H3. The third-order valence-electron chi connectivity index (χ3n) is 3.61. The highest BCUT2D eigenvalue weighted by molar-refractivity contribution is 7.87. The Morgan fingerprint density at radius 3 is 2.68 bits per heavy atom. The van der Waals surface area contributed by atoms with Gasteiger partial charge in [-0.3, -0.25) is 4.79 Å². The Morgan fingerprint density at radius 1 is 1.27 bits per heavy atom. The summed E-state index contributed by atoms with van der Waals surface area (Å²) in [6, 6.07) is 7.78. The van der Waals surface area contributed by atoms with Crippen LogP contribution in [0, 0.1) is 6.92 Å². The molecular formula is C15H22N2O4S. The molecule has 0 aliphatic carbocycles. The molecule has 2 rings (SSSR count). The van der Waals surface area contributed by atoms with Crippen molar-refractivity contribution >= 4 is 16.1 Å². The molecule has 0 N–H and O–H groups in total. The zero-order chi connectivity index (χ0) is 16.2. The molecule has 0 atom stereocenters. The molecular weight excluding hydrogens is 304 g/mol. The Kier molecular flexibility index (Phi) is 5.42. The quantitative estimate of drug-likeness (QED) is 0.744. The molecule has 0 aromatic heterocycles. The van der Waals surface area contributed by atoms with Crippen LogP contribution in [0.1, 0.15) is 24.8 Å². The maximum absolute atomic E-state index is 12.0. The van der Waals surface area contributed by atoms with Crippen LogP contribution in [0.3, 0.4) is 0 Å². The molecule has 0 unspecified atom stereocenters. The van der Waals surface area contributed by atoms with Crippen molar-refractivity contribution in [3.8, 4) is 5.75 Å². The van der Waals surface area contributed by atoms with Gasteiger partial charge in [0.1, 0.15) is 5.75 Å². The van der Waals surface area contributed by atoms with Gasteiger partial charge < -0.3 is 4.74 Å². The van der Waals surface area contributed by atoms with Crippen LogP contribution in [0.4, 0.5) is 0 Å². The number of unbranched alkanes of at least 4 members (excludes halogenated alkanes) is 1. The smallest absolute Gasteiger partial charge is 0.306 e. The third-order valence-corrected chi connectivity index (χ3v) is 5.53. The van der Waals surface area contributed by atoms with Crippen LogP contribution in [0.5, 0.6) is 5.75 Å². The van der Waals surface area contributed by atoms with Gasteiger partial charge in [-0.25, -0.2) is 4.31 Å². The molecule has 0 saturated carbocycles. The monoisotopic (exact) mass is 326 g/mol. The van der Waals surface area contributed by atoms with Crippen molar-refractivity contribution < 1.29 is 17.9 Å². The van der Waals surface area contributed by atoms with Crippen LogP contribution < -0.4 is 4.74 Å². The number of carbonyl (C=O) groups is 1. The number of carbonyl (C=O) groups excluding carboxylic acids is 1. The third kappa shape index (κ3) is 3.98. The van der Waals surface area contributed by atoms with Crippen molar-refractivity contribution in [1.82, 2.24) is 8.61 Å². The van der Waals surface area contributed by atoms with E-state index in [4.69, 9.17) is 4.74 Å². The fourth-order valence-electron chi connectivity index (χ4n) is 2.28. The number of rotatable bonds is 6. The lowest BCUT2D eigenvalue weighted by atomic mass is 10.2. The zero-order valence-corrected chi connectivity index (χ0v) is 13.8. The minimum atomic E-state index is -3.57. The van der Waals surface area contributed by atoms with Crippen LogP contribution in [0.15, 0.2) is 24.3 Å². The van der Waals surface area contributed by atoms with Gasteiger partial charge in [0.15, 0.2) is 0 Å². The molecule has 22 heavy (non-hydrogen) atoms. The minimum absolute atomic E-state index is 0.226. The molecule has 1 aliphatic rings. The van der Waals surface area contributed by atoms with Gasteiger partial charge in [-0.2, -0.15) is 12.7 Å². The van der Waals surface area contributed by atoms with Gasteiger partial charge in [0, 0.05) is 20.0 Å². The summed E-state index contributed by atoms with van der Waals surface area (Å²) in [5.74, 6) is 0.481. The van der Waals surface area contributed by atoms with Gasteiger partial charge in [0.25, 0.3) is 0 Å². The maximum Gasteiger partial charge on any atom is 0.306 e. The largest absolute Gasteiger partial charge is 0.494 e. The van der Waals surface area contributed by atoms with Crippen LogP contribution in [0.2, 0.25) is 0 Å². The fourth-order valence-corrected chi connectivity index (χ4v) is 3.59. The molecule has 6 nitrogen and oxygen atoms in total. The number of hydrogen-bond donors (Lipinski definition) is 0. The molecule has 0 spiro atoms. The van der Waals surface area contributed by atoms with Crippen LogP contribution in [0.25, 0.3) is 0 Å². The van der Waals surface area contributed by atoms with Crippen molar-refractivity contribution in [3.05, 3.63) is 29.8 Å². The topological polar surface area (TPSA) is 66.9 Å². The maximum atomic E-state index is 12.0. The Balaban J connectivity index is 1.70. The van der Waals surface area contributed by atoms with Crippen LogP contribution >= 0.6 is 0 Å². The molecule has 1 heterocycles. The van der Waals surface area contributed by atoms with Crippen molar-refractivity contribution in [3.63, 3.8) is 0 Å². The minimum Gasteiger partial charge on any atom is -0.494 e. The summed E-state index contributed by atoms with van der Waals surface area (Å²) in [4.78, 5) is 12.0. The van der Waals surface area contributed by atoms with Gasteiger partial charge in [-0.15, -0.1) is 0 Å². The number of benzene rings is 1. The second-order valence-corrected chi connectivity index (χ2v) is 7.38. The van der Waals surface area contributed by atoms with Gasteiger partial charge in [-0.1, -0.05) is 12.1 Å². The number of aryl methyl sites for hydroxylation is 1. The van der Waals surface area contributed by atoms with Gasteiger partial charge in [0.2, 0.25) is 5.91 Å². The first-order valence-corrected chi connectivity index (χ1v) is 8.77. The number of ether oxygens (including phenoxy) is 1. The van der Waals surface area contributed by atoms with Crippen molar-refractivity contribution in [2.75, 3.05) is 26.7 Å². The summed E-state index contributed by atoms with van der Waals surface area (Å²) >= 11 is 0.